The average molecular weight is 286 g/mol. The molecule has 1 aromatic rings. The predicted octanol–water partition coefficient (Wildman–Crippen LogP) is 4.65. The lowest BCUT2D eigenvalue weighted by Crippen LogP contribution is -2.59. The summed E-state index contributed by atoms with van der Waals surface area (Å²) in [5.74, 6) is 3.20. The number of aromatic hydroxyl groups is 1. The monoisotopic (exact) mass is 286 g/mol. The topological polar surface area (TPSA) is 29.5 Å². The van der Waals surface area contributed by atoms with E-state index in [1.807, 2.05) is 6.07 Å². The largest absolute Gasteiger partial charge is 0.508 e. The summed E-state index contributed by atoms with van der Waals surface area (Å²) in [5, 5.41) is 10.6. The van der Waals surface area contributed by atoms with Crippen molar-refractivity contribution in [2.75, 3.05) is 0 Å². The highest BCUT2D eigenvalue weighted by molar-refractivity contribution is 5.55. The normalized spacial score (nSPS) is 38.2. The second-order valence-electron chi connectivity index (χ2n) is 8.16. The van der Waals surface area contributed by atoms with Gasteiger partial charge < -0.3 is 9.84 Å². The number of phenols is 1. The Kier molecular flexibility index (Phi) is 2.55. The van der Waals surface area contributed by atoms with E-state index in [-0.39, 0.29) is 11.0 Å². The van der Waals surface area contributed by atoms with Crippen LogP contribution in [-0.4, -0.2) is 10.7 Å². The predicted molar refractivity (Wildman–Crippen MR) is 83.9 cm³/mol. The van der Waals surface area contributed by atoms with Gasteiger partial charge in [-0.2, -0.15) is 0 Å². The molecule has 2 saturated carbocycles. The zero-order valence-electron chi connectivity index (χ0n) is 13.6. The molecule has 0 radical (unpaired) electrons. The maximum atomic E-state index is 10.6. The molecule has 2 nitrogen and oxygen atoms in total. The summed E-state index contributed by atoms with van der Waals surface area (Å²) in [6, 6.07) is 4.15. The fraction of sp³-hybridized carbons (Fsp3) is 0.684. The molecular weight excluding hydrogens is 260 g/mol. The Labute approximate surface area is 127 Å². The van der Waals surface area contributed by atoms with Crippen molar-refractivity contribution in [3.8, 4) is 11.5 Å². The number of aryl methyl sites for hydroxylation is 1. The molecule has 0 spiro atoms. The second-order valence-corrected chi connectivity index (χ2v) is 8.16. The van der Waals surface area contributed by atoms with Crippen molar-refractivity contribution in [3.05, 3.63) is 23.3 Å². The molecule has 0 bridgehead atoms. The number of fused-ring (bicyclic) bond motifs is 2. The molecule has 1 N–H and O–H groups in total. The minimum absolute atomic E-state index is 0.0187. The Balaban J connectivity index is 1.86. The summed E-state index contributed by atoms with van der Waals surface area (Å²) in [7, 11) is 0. The van der Waals surface area contributed by atoms with E-state index >= 15 is 0 Å². The molecule has 2 aliphatic carbocycles. The van der Waals surface area contributed by atoms with Crippen LogP contribution in [0.2, 0.25) is 0 Å². The highest BCUT2D eigenvalue weighted by atomic mass is 16.5. The van der Waals surface area contributed by atoms with Gasteiger partial charge in [0.05, 0.1) is 0 Å². The molecule has 1 heterocycles. The second kappa shape index (κ2) is 3.97. The fourth-order valence-electron chi connectivity index (χ4n) is 5.63. The lowest BCUT2D eigenvalue weighted by molar-refractivity contribution is -0.121. The minimum Gasteiger partial charge on any atom is -0.508 e. The van der Waals surface area contributed by atoms with Gasteiger partial charge >= 0.3 is 0 Å². The van der Waals surface area contributed by atoms with Gasteiger partial charge in [0.2, 0.25) is 0 Å². The van der Waals surface area contributed by atoms with Crippen LogP contribution in [0.15, 0.2) is 12.1 Å². The van der Waals surface area contributed by atoms with Crippen LogP contribution in [0, 0.1) is 17.3 Å². The van der Waals surface area contributed by atoms with Gasteiger partial charge in [0, 0.05) is 17.4 Å². The fourth-order valence-corrected chi connectivity index (χ4v) is 5.63. The lowest BCUT2D eigenvalue weighted by Gasteiger charge is -2.62. The molecule has 21 heavy (non-hydrogen) atoms. The zero-order valence-corrected chi connectivity index (χ0v) is 13.6. The molecular formula is C19H26O2. The Morgan fingerprint density at radius 2 is 2.05 bits per heavy atom. The van der Waals surface area contributed by atoms with E-state index in [0.717, 1.165) is 36.5 Å². The van der Waals surface area contributed by atoms with Gasteiger partial charge in [-0.15, -0.1) is 0 Å². The molecule has 1 aliphatic heterocycles. The molecule has 114 valence electrons. The van der Waals surface area contributed by atoms with Crippen LogP contribution < -0.4 is 4.74 Å². The van der Waals surface area contributed by atoms with E-state index in [0.29, 0.717) is 17.6 Å². The van der Waals surface area contributed by atoms with Crippen LogP contribution in [0.4, 0.5) is 0 Å². The van der Waals surface area contributed by atoms with Gasteiger partial charge in [0.15, 0.2) is 0 Å². The van der Waals surface area contributed by atoms with E-state index in [4.69, 9.17) is 4.74 Å². The number of phenolic OH excluding ortho intramolecular Hbond substituents is 1. The van der Waals surface area contributed by atoms with Gasteiger partial charge in [-0.1, -0.05) is 27.2 Å². The standard InChI is InChI=1S/C19H26O2/c1-5-6-11-9-13(20)15-14(10-11)21-19(4)8-7-12-16(19)17(15)18(12,2)3/h9-10,12,16-17,20H,5-8H2,1-4H3/t12?,16-,17?,19-/m1/s1. The first-order valence-corrected chi connectivity index (χ1v) is 8.43. The molecule has 2 fully saturated rings. The Bertz CT molecular complexity index is 604. The Hall–Kier alpha value is -1.18. The van der Waals surface area contributed by atoms with Crippen LogP contribution in [0.5, 0.6) is 11.5 Å². The van der Waals surface area contributed by atoms with E-state index in [1.165, 1.54) is 12.0 Å². The smallest absolute Gasteiger partial charge is 0.127 e. The van der Waals surface area contributed by atoms with Crippen molar-refractivity contribution >= 4 is 0 Å². The molecule has 4 atom stereocenters. The van der Waals surface area contributed by atoms with Crippen molar-refractivity contribution in [1.29, 1.82) is 0 Å². The highest BCUT2D eigenvalue weighted by Crippen LogP contribution is 2.74. The summed E-state index contributed by atoms with van der Waals surface area (Å²) in [4.78, 5) is 0. The molecule has 0 saturated heterocycles. The van der Waals surface area contributed by atoms with E-state index in [9.17, 15) is 5.11 Å². The third-order valence-electron chi connectivity index (χ3n) is 6.58. The van der Waals surface area contributed by atoms with Crippen LogP contribution in [-0.2, 0) is 6.42 Å². The average Bonchev–Trinajstić information content (AvgIpc) is 2.72. The Morgan fingerprint density at radius 3 is 2.76 bits per heavy atom. The molecule has 2 unspecified atom stereocenters. The van der Waals surface area contributed by atoms with Gasteiger partial charge in [-0.25, -0.2) is 0 Å². The van der Waals surface area contributed by atoms with Gasteiger partial charge in [-0.3, -0.25) is 0 Å². The summed E-state index contributed by atoms with van der Waals surface area (Å²) in [5.41, 5.74) is 2.54. The first kappa shape index (κ1) is 13.5. The van der Waals surface area contributed by atoms with Crippen LogP contribution in [0.25, 0.3) is 0 Å². The molecule has 2 heteroatoms. The van der Waals surface area contributed by atoms with Crippen LogP contribution >= 0.6 is 0 Å². The lowest BCUT2D eigenvalue weighted by atomic mass is 9.45. The third-order valence-corrected chi connectivity index (χ3v) is 6.58. The third kappa shape index (κ3) is 1.54. The quantitative estimate of drug-likeness (QED) is 0.857. The van der Waals surface area contributed by atoms with E-state index in [2.05, 4.69) is 33.8 Å². The number of hydrogen-bond donors (Lipinski definition) is 1. The Morgan fingerprint density at radius 1 is 1.29 bits per heavy atom. The number of benzene rings is 1. The van der Waals surface area contributed by atoms with Crippen molar-refractivity contribution < 1.29 is 9.84 Å². The van der Waals surface area contributed by atoms with Gasteiger partial charge in [0.1, 0.15) is 17.1 Å². The van der Waals surface area contributed by atoms with Crippen molar-refractivity contribution in [2.24, 2.45) is 17.3 Å². The molecule has 0 aromatic heterocycles. The summed E-state index contributed by atoms with van der Waals surface area (Å²) >= 11 is 0. The maximum Gasteiger partial charge on any atom is 0.127 e. The summed E-state index contributed by atoms with van der Waals surface area (Å²) < 4.78 is 6.45. The molecule has 0 amide bonds. The summed E-state index contributed by atoms with van der Waals surface area (Å²) in [6.45, 7) is 9.20. The summed E-state index contributed by atoms with van der Waals surface area (Å²) in [6.07, 6.45) is 4.51. The molecule has 1 aromatic carbocycles. The zero-order chi connectivity index (χ0) is 15.0. The van der Waals surface area contributed by atoms with E-state index < -0.39 is 0 Å². The number of hydrogen-bond acceptors (Lipinski definition) is 2. The van der Waals surface area contributed by atoms with Crippen LogP contribution in [0.1, 0.15) is 64.0 Å². The molecule has 4 rings (SSSR count). The van der Waals surface area contributed by atoms with Crippen molar-refractivity contribution in [1.82, 2.24) is 0 Å². The van der Waals surface area contributed by atoms with Gasteiger partial charge in [0.25, 0.3) is 0 Å². The number of ether oxygens (including phenoxy) is 1. The first-order chi connectivity index (χ1) is 9.88. The van der Waals surface area contributed by atoms with E-state index in [1.54, 1.807) is 0 Å². The maximum absolute atomic E-state index is 10.6. The SMILES string of the molecule is CCCc1cc(O)c2c(c1)O[C@]1(C)CCC3[C@@H]1C2C3(C)C. The minimum atomic E-state index is -0.0187. The highest BCUT2D eigenvalue weighted by Gasteiger charge is 2.69. The van der Waals surface area contributed by atoms with Crippen molar-refractivity contribution in [2.45, 2.75) is 64.9 Å². The first-order valence-electron chi connectivity index (χ1n) is 8.43. The van der Waals surface area contributed by atoms with Crippen LogP contribution in [0.3, 0.4) is 0 Å². The number of rotatable bonds is 2. The van der Waals surface area contributed by atoms with Crippen molar-refractivity contribution in [3.63, 3.8) is 0 Å². The van der Waals surface area contributed by atoms with Gasteiger partial charge in [-0.05, 0) is 55.2 Å². The molecule has 3 aliphatic rings.